The lowest BCUT2D eigenvalue weighted by Crippen LogP contribution is -2.48. The number of carbonyl (C=O) groups is 1. The van der Waals surface area contributed by atoms with Gasteiger partial charge in [0.25, 0.3) is 5.91 Å². The van der Waals surface area contributed by atoms with Crippen LogP contribution in [0.2, 0.25) is 0 Å². The predicted octanol–water partition coefficient (Wildman–Crippen LogP) is 2.06. The number of halogens is 1. The maximum absolute atomic E-state index is 12.6. The van der Waals surface area contributed by atoms with Crippen LogP contribution in [-0.2, 0) is 10.0 Å². The average Bonchev–Trinajstić information content (AvgIpc) is 3.09. The molecule has 1 aliphatic carbocycles. The van der Waals surface area contributed by atoms with Crippen molar-refractivity contribution in [2.45, 2.75) is 56.0 Å². The molecule has 1 heterocycles. The van der Waals surface area contributed by atoms with E-state index in [1.807, 2.05) is 0 Å². The highest BCUT2D eigenvalue weighted by Crippen LogP contribution is 2.21. The second kappa shape index (κ2) is 9.17. The summed E-state index contributed by atoms with van der Waals surface area (Å²) in [6.45, 7) is 3.86. The van der Waals surface area contributed by atoms with Gasteiger partial charge in [-0.15, -0.1) is 12.4 Å². The van der Waals surface area contributed by atoms with E-state index in [1.165, 1.54) is 6.07 Å². The first-order valence-electron chi connectivity index (χ1n) is 9.10. The van der Waals surface area contributed by atoms with E-state index in [0.29, 0.717) is 11.5 Å². The molecule has 1 saturated heterocycles. The summed E-state index contributed by atoms with van der Waals surface area (Å²) in [4.78, 5) is 12.7. The third-order valence-corrected chi connectivity index (χ3v) is 6.70. The van der Waals surface area contributed by atoms with Crippen LogP contribution >= 0.6 is 12.4 Å². The largest absolute Gasteiger partial charge is 0.349 e. The third kappa shape index (κ3) is 5.19. The fourth-order valence-electron chi connectivity index (χ4n) is 3.62. The molecule has 1 saturated carbocycles. The molecular formula is C18H28ClN3O3S. The second-order valence-electron chi connectivity index (χ2n) is 7.18. The first-order chi connectivity index (χ1) is 12.0. The molecule has 3 N–H and O–H groups in total. The van der Waals surface area contributed by atoms with Crippen LogP contribution < -0.4 is 15.4 Å². The van der Waals surface area contributed by atoms with Crippen LogP contribution in [0.5, 0.6) is 0 Å². The molecule has 0 bridgehead atoms. The molecule has 26 heavy (non-hydrogen) atoms. The minimum atomic E-state index is -3.58. The van der Waals surface area contributed by atoms with Gasteiger partial charge in [0.15, 0.2) is 0 Å². The van der Waals surface area contributed by atoms with Crippen molar-refractivity contribution in [3.63, 3.8) is 0 Å². The van der Waals surface area contributed by atoms with Crippen molar-refractivity contribution in [3.05, 3.63) is 29.8 Å². The Morgan fingerprint density at radius 2 is 1.92 bits per heavy atom. The number of benzene rings is 1. The Morgan fingerprint density at radius 1 is 1.19 bits per heavy atom. The van der Waals surface area contributed by atoms with Gasteiger partial charge in [0, 0.05) is 17.6 Å². The lowest BCUT2D eigenvalue weighted by atomic mass is 9.95. The van der Waals surface area contributed by atoms with Crippen LogP contribution in [0, 0.1) is 5.92 Å². The number of amides is 1. The first-order valence-corrected chi connectivity index (χ1v) is 10.6. The van der Waals surface area contributed by atoms with E-state index in [-0.39, 0.29) is 35.3 Å². The molecule has 146 valence electrons. The van der Waals surface area contributed by atoms with Crippen molar-refractivity contribution in [1.29, 1.82) is 0 Å². The molecule has 1 aromatic rings. The van der Waals surface area contributed by atoms with Crippen molar-refractivity contribution in [2.24, 2.45) is 5.92 Å². The fourth-order valence-corrected chi connectivity index (χ4v) is 4.97. The number of nitrogens with one attached hydrogen (secondary N) is 3. The molecule has 1 aliphatic heterocycles. The standard InChI is InChI=1S/C18H27N3O3S.ClH/c1-13-12-19-10-9-17(13)20-18(22)14-5-4-8-16(11-14)25(23,24)21-15-6-2-3-7-15;/h4-5,8,11,13,15,17,19,21H,2-3,6-7,9-10,12H2,1H3,(H,20,22);1H. The second-order valence-corrected chi connectivity index (χ2v) is 8.89. The molecule has 0 radical (unpaired) electrons. The summed E-state index contributed by atoms with van der Waals surface area (Å²) in [6.07, 6.45) is 4.77. The minimum Gasteiger partial charge on any atom is -0.349 e. The minimum absolute atomic E-state index is 0. The monoisotopic (exact) mass is 401 g/mol. The Morgan fingerprint density at radius 3 is 2.62 bits per heavy atom. The quantitative estimate of drug-likeness (QED) is 0.704. The molecule has 2 fully saturated rings. The van der Waals surface area contributed by atoms with Gasteiger partial charge in [-0.3, -0.25) is 4.79 Å². The van der Waals surface area contributed by atoms with Crippen molar-refractivity contribution < 1.29 is 13.2 Å². The Bertz CT molecular complexity index is 720. The molecule has 0 spiro atoms. The predicted molar refractivity (Wildman–Crippen MR) is 104 cm³/mol. The molecule has 6 nitrogen and oxygen atoms in total. The van der Waals surface area contributed by atoms with E-state index < -0.39 is 10.0 Å². The molecule has 2 atom stereocenters. The Labute approximate surface area is 162 Å². The zero-order chi connectivity index (χ0) is 17.9. The molecule has 8 heteroatoms. The van der Waals surface area contributed by atoms with Gasteiger partial charge in [-0.1, -0.05) is 25.8 Å². The summed E-state index contributed by atoms with van der Waals surface area (Å²) in [7, 11) is -3.58. The van der Waals surface area contributed by atoms with Crippen LogP contribution in [0.15, 0.2) is 29.2 Å². The smallest absolute Gasteiger partial charge is 0.251 e. The Kier molecular flexibility index (Phi) is 7.46. The van der Waals surface area contributed by atoms with Gasteiger partial charge in [0.2, 0.25) is 10.0 Å². The van der Waals surface area contributed by atoms with Crippen molar-refractivity contribution in [2.75, 3.05) is 13.1 Å². The van der Waals surface area contributed by atoms with Gasteiger partial charge in [0.1, 0.15) is 0 Å². The maximum atomic E-state index is 12.6. The van der Waals surface area contributed by atoms with Crippen LogP contribution in [-0.4, -0.2) is 39.5 Å². The summed E-state index contributed by atoms with van der Waals surface area (Å²) >= 11 is 0. The van der Waals surface area contributed by atoms with Crippen LogP contribution in [0.25, 0.3) is 0 Å². The SMILES string of the molecule is CC1CNCCC1NC(=O)c1cccc(S(=O)(=O)NC2CCCC2)c1.Cl. The number of piperidine rings is 1. The zero-order valence-corrected chi connectivity index (χ0v) is 16.7. The van der Waals surface area contributed by atoms with E-state index in [2.05, 4.69) is 22.3 Å². The molecule has 1 aromatic carbocycles. The van der Waals surface area contributed by atoms with E-state index in [1.54, 1.807) is 18.2 Å². The van der Waals surface area contributed by atoms with Gasteiger partial charge >= 0.3 is 0 Å². The molecule has 1 amide bonds. The number of carbonyl (C=O) groups excluding carboxylic acids is 1. The Balaban J connectivity index is 0.00000243. The van der Waals surface area contributed by atoms with Crippen LogP contribution in [0.4, 0.5) is 0 Å². The van der Waals surface area contributed by atoms with E-state index in [9.17, 15) is 13.2 Å². The highest BCUT2D eigenvalue weighted by molar-refractivity contribution is 7.89. The molecule has 3 rings (SSSR count). The van der Waals surface area contributed by atoms with E-state index in [4.69, 9.17) is 0 Å². The van der Waals surface area contributed by atoms with E-state index >= 15 is 0 Å². The van der Waals surface area contributed by atoms with Gasteiger partial charge < -0.3 is 10.6 Å². The first kappa shape index (κ1) is 21.2. The summed E-state index contributed by atoms with van der Waals surface area (Å²) in [5.74, 6) is 0.144. The van der Waals surface area contributed by atoms with Gasteiger partial charge in [-0.25, -0.2) is 13.1 Å². The zero-order valence-electron chi connectivity index (χ0n) is 15.0. The highest BCUT2D eigenvalue weighted by Gasteiger charge is 2.25. The fraction of sp³-hybridized carbons (Fsp3) is 0.611. The summed E-state index contributed by atoms with van der Waals surface area (Å²) in [5, 5.41) is 6.34. The normalized spacial score (nSPS) is 24.0. The molecule has 0 aromatic heterocycles. The lowest BCUT2D eigenvalue weighted by molar-refractivity contribution is 0.0914. The summed E-state index contributed by atoms with van der Waals surface area (Å²) in [6, 6.07) is 6.43. The van der Waals surface area contributed by atoms with Crippen molar-refractivity contribution in [1.82, 2.24) is 15.4 Å². The van der Waals surface area contributed by atoms with Gasteiger partial charge in [0.05, 0.1) is 4.90 Å². The molecular weight excluding hydrogens is 374 g/mol. The number of hydrogen-bond donors (Lipinski definition) is 3. The van der Waals surface area contributed by atoms with E-state index in [0.717, 1.165) is 45.2 Å². The molecule has 2 aliphatic rings. The number of rotatable bonds is 5. The van der Waals surface area contributed by atoms with Gasteiger partial charge in [-0.2, -0.15) is 0 Å². The topological polar surface area (TPSA) is 87.3 Å². The van der Waals surface area contributed by atoms with Crippen LogP contribution in [0.1, 0.15) is 49.4 Å². The van der Waals surface area contributed by atoms with Crippen LogP contribution in [0.3, 0.4) is 0 Å². The lowest BCUT2D eigenvalue weighted by Gasteiger charge is -2.30. The van der Waals surface area contributed by atoms with Gasteiger partial charge in [-0.05, 0) is 56.5 Å². The maximum Gasteiger partial charge on any atom is 0.251 e. The number of hydrogen-bond acceptors (Lipinski definition) is 4. The van der Waals surface area contributed by atoms with Crippen molar-refractivity contribution in [3.8, 4) is 0 Å². The Hall–Kier alpha value is -1.15. The summed E-state index contributed by atoms with van der Waals surface area (Å²) < 4.78 is 27.9. The van der Waals surface area contributed by atoms with Crippen molar-refractivity contribution >= 4 is 28.3 Å². The summed E-state index contributed by atoms with van der Waals surface area (Å²) in [5.41, 5.74) is 0.389. The average molecular weight is 402 g/mol. The highest BCUT2D eigenvalue weighted by atomic mass is 35.5. The third-order valence-electron chi connectivity index (χ3n) is 5.19. The molecule has 2 unspecified atom stereocenters. The number of sulfonamides is 1.